The van der Waals surface area contributed by atoms with Crippen molar-refractivity contribution in [2.45, 2.75) is 30.9 Å². The molecule has 3 atom stereocenters. The molecule has 1 heterocycles. The Morgan fingerprint density at radius 2 is 2.00 bits per heavy atom. The van der Waals surface area contributed by atoms with Crippen molar-refractivity contribution in [2.75, 3.05) is 27.2 Å². The van der Waals surface area contributed by atoms with Crippen LogP contribution in [0.3, 0.4) is 0 Å². The second kappa shape index (κ2) is 6.04. The van der Waals surface area contributed by atoms with Gasteiger partial charge in [0.15, 0.2) is 0 Å². The average molecular weight is 312 g/mol. The first kappa shape index (κ1) is 16.4. The first-order chi connectivity index (χ1) is 9.73. The molecule has 0 amide bonds. The highest BCUT2D eigenvalue weighted by Gasteiger charge is 2.38. The van der Waals surface area contributed by atoms with Crippen LogP contribution >= 0.6 is 0 Å². The fraction of sp³-hybridized carbons (Fsp3) is 0.600. The fourth-order valence-corrected chi connectivity index (χ4v) is 4.47. The molecular formula is C15H24N2O3S. The summed E-state index contributed by atoms with van der Waals surface area (Å²) in [5.74, 6) is 0.301. The van der Waals surface area contributed by atoms with Crippen LogP contribution in [0, 0.1) is 5.92 Å². The van der Waals surface area contributed by atoms with Gasteiger partial charge in [-0.25, -0.2) is 8.42 Å². The number of hydrogen-bond acceptors (Lipinski definition) is 4. The molecule has 0 spiro atoms. The van der Waals surface area contributed by atoms with Gasteiger partial charge in [0.05, 0.1) is 11.0 Å². The number of sulfonamides is 1. The summed E-state index contributed by atoms with van der Waals surface area (Å²) >= 11 is 0. The van der Waals surface area contributed by atoms with Crippen LogP contribution in [-0.4, -0.2) is 56.0 Å². The quantitative estimate of drug-likeness (QED) is 0.910. The van der Waals surface area contributed by atoms with Gasteiger partial charge in [-0.2, -0.15) is 4.31 Å². The van der Waals surface area contributed by atoms with E-state index in [0.29, 0.717) is 24.6 Å². The molecule has 0 aliphatic carbocycles. The predicted octanol–water partition coefficient (Wildman–Crippen LogP) is 1.31. The van der Waals surface area contributed by atoms with Gasteiger partial charge in [0, 0.05) is 19.1 Å². The molecule has 0 bridgehead atoms. The molecule has 5 nitrogen and oxygen atoms in total. The second-order valence-electron chi connectivity index (χ2n) is 6.08. The molecule has 0 aromatic heterocycles. The van der Waals surface area contributed by atoms with Gasteiger partial charge in [-0.05, 0) is 44.6 Å². The maximum absolute atomic E-state index is 12.7. The number of nitrogens with zero attached hydrogens (tertiary/aromatic N) is 2. The zero-order valence-corrected chi connectivity index (χ0v) is 13.8. The zero-order valence-electron chi connectivity index (χ0n) is 13.0. The van der Waals surface area contributed by atoms with Gasteiger partial charge in [-0.15, -0.1) is 0 Å². The number of rotatable bonds is 4. The summed E-state index contributed by atoms with van der Waals surface area (Å²) < 4.78 is 27.0. The van der Waals surface area contributed by atoms with Crippen molar-refractivity contribution in [1.82, 2.24) is 9.21 Å². The van der Waals surface area contributed by atoms with Gasteiger partial charge in [0.2, 0.25) is 10.0 Å². The van der Waals surface area contributed by atoms with Crippen molar-refractivity contribution in [3.8, 4) is 0 Å². The number of likely N-dealkylation sites (N-methyl/N-ethyl adjacent to an activating group) is 1. The molecule has 1 fully saturated rings. The molecule has 0 radical (unpaired) electrons. The van der Waals surface area contributed by atoms with E-state index in [-0.39, 0.29) is 10.9 Å². The third kappa shape index (κ3) is 3.29. The average Bonchev–Trinajstić information content (AvgIpc) is 2.82. The van der Waals surface area contributed by atoms with Crippen LogP contribution in [0.2, 0.25) is 0 Å². The molecule has 1 aliphatic heterocycles. The minimum atomic E-state index is -3.50. The van der Waals surface area contributed by atoms with Gasteiger partial charge in [-0.3, -0.25) is 0 Å². The Balaban J connectivity index is 2.29. The molecule has 1 saturated heterocycles. The van der Waals surface area contributed by atoms with E-state index >= 15 is 0 Å². The maximum atomic E-state index is 12.7. The highest BCUT2D eigenvalue weighted by Crippen LogP contribution is 2.27. The van der Waals surface area contributed by atoms with Crippen molar-refractivity contribution in [3.63, 3.8) is 0 Å². The van der Waals surface area contributed by atoms with E-state index in [9.17, 15) is 13.5 Å². The number of hydrogen-bond donors (Lipinski definition) is 1. The van der Waals surface area contributed by atoms with E-state index in [1.165, 1.54) is 0 Å². The van der Waals surface area contributed by atoms with Gasteiger partial charge >= 0.3 is 0 Å². The highest BCUT2D eigenvalue weighted by molar-refractivity contribution is 7.89. The Morgan fingerprint density at radius 1 is 1.33 bits per heavy atom. The van der Waals surface area contributed by atoms with E-state index in [2.05, 4.69) is 11.8 Å². The Bertz CT molecular complexity index is 599. The normalized spacial score (nSPS) is 25.4. The van der Waals surface area contributed by atoms with E-state index in [4.69, 9.17) is 0 Å². The molecule has 1 N–H and O–H groups in total. The van der Waals surface area contributed by atoms with E-state index in [0.717, 1.165) is 0 Å². The van der Waals surface area contributed by atoms with Crippen LogP contribution < -0.4 is 0 Å². The van der Waals surface area contributed by atoms with Crippen molar-refractivity contribution in [1.29, 1.82) is 0 Å². The Hall–Kier alpha value is -0.950. The summed E-state index contributed by atoms with van der Waals surface area (Å²) in [4.78, 5) is 2.33. The third-order valence-electron chi connectivity index (χ3n) is 4.18. The molecule has 118 valence electrons. The lowest BCUT2D eigenvalue weighted by molar-refractivity contribution is 0.199. The van der Waals surface area contributed by atoms with Crippen LogP contribution in [0.1, 0.15) is 25.5 Å². The van der Waals surface area contributed by atoms with Crippen LogP contribution in [0.15, 0.2) is 29.2 Å². The van der Waals surface area contributed by atoms with Crippen molar-refractivity contribution < 1.29 is 13.5 Å². The monoisotopic (exact) mass is 312 g/mol. The van der Waals surface area contributed by atoms with Crippen molar-refractivity contribution in [3.05, 3.63) is 29.8 Å². The predicted molar refractivity (Wildman–Crippen MR) is 82.5 cm³/mol. The summed E-state index contributed by atoms with van der Waals surface area (Å²) in [6.45, 7) is 4.75. The zero-order chi connectivity index (χ0) is 15.8. The molecule has 1 aliphatic rings. The SMILES string of the molecule is CC(O)c1cccc(S(=O)(=O)N2CC(C)C(N(C)C)C2)c1. The van der Waals surface area contributed by atoms with Crippen LogP contribution in [0.25, 0.3) is 0 Å². The standard InChI is InChI=1S/C15H24N2O3S/c1-11-9-17(10-15(11)16(3)4)21(19,20)14-7-5-6-13(8-14)12(2)18/h5-8,11-12,15,18H,9-10H2,1-4H3. The van der Waals surface area contributed by atoms with E-state index in [1.807, 2.05) is 14.1 Å². The molecule has 1 aromatic carbocycles. The molecule has 6 heteroatoms. The highest BCUT2D eigenvalue weighted by atomic mass is 32.2. The van der Waals surface area contributed by atoms with E-state index in [1.54, 1.807) is 35.5 Å². The smallest absolute Gasteiger partial charge is 0.243 e. The summed E-state index contributed by atoms with van der Waals surface area (Å²) in [6.07, 6.45) is -0.674. The van der Waals surface area contributed by atoms with Crippen LogP contribution in [0.4, 0.5) is 0 Å². The summed E-state index contributed by atoms with van der Waals surface area (Å²) in [5.41, 5.74) is 0.618. The summed E-state index contributed by atoms with van der Waals surface area (Å²) in [5, 5.41) is 9.62. The number of aliphatic hydroxyl groups is 1. The molecule has 2 rings (SSSR count). The van der Waals surface area contributed by atoms with Crippen molar-refractivity contribution in [2.24, 2.45) is 5.92 Å². The lowest BCUT2D eigenvalue weighted by atomic mass is 10.1. The fourth-order valence-electron chi connectivity index (χ4n) is 2.86. The Morgan fingerprint density at radius 3 is 2.52 bits per heavy atom. The lowest BCUT2D eigenvalue weighted by Crippen LogP contribution is -2.35. The van der Waals surface area contributed by atoms with Gasteiger partial charge in [-0.1, -0.05) is 19.1 Å². The molecule has 3 unspecified atom stereocenters. The summed E-state index contributed by atoms with van der Waals surface area (Å²) in [6, 6.07) is 6.80. The topological polar surface area (TPSA) is 60.9 Å². The van der Waals surface area contributed by atoms with Crippen LogP contribution in [-0.2, 0) is 10.0 Å². The van der Waals surface area contributed by atoms with Gasteiger partial charge < -0.3 is 10.0 Å². The molecule has 21 heavy (non-hydrogen) atoms. The van der Waals surface area contributed by atoms with Crippen molar-refractivity contribution >= 4 is 10.0 Å². The number of benzene rings is 1. The minimum absolute atomic E-state index is 0.236. The summed E-state index contributed by atoms with van der Waals surface area (Å²) in [7, 11) is 0.457. The number of aliphatic hydroxyl groups excluding tert-OH is 1. The first-order valence-corrected chi connectivity index (χ1v) is 8.62. The second-order valence-corrected chi connectivity index (χ2v) is 8.02. The Labute approximate surface area is 127 Å². The van der Waals surface area contributed by atoms with Gasteiger partial charge in [0.25, 0.3) is 0 Å². The Kier molecular flexibility index (Phi) is 4.72. The molecule has 1 aromatic rings. The first-order valence-electron chi connectivity index (χ1n) is 7.18. The van der Waals surface area contributed by atoms with Gasteiger partial charge in [0.1, 0.15) is 0 Å². The third-order valence-corrected chi connectivity index (χ3v) is 6.01. The molecular weight excluding hydrogens is 288 g/mol. The van der Waals surface area contributed by atoms with E-state index < -0.39 is 16.1 Å². The largest absolute Gasteiger partial charge is 0.389 e. The molecule has 0 saturated carbocycles. The van der Waals surface area contributed by atoms with Crippen LogP contribution in [0.5, 0.6) is 0 Å². The maximum Gasteiger partial charge on any atom is 0.243 e. The minimum Gasteiger partial charge on any atom is -0.389 e. The lowest BCUT2D eigenvalue weighted by Gasteiger charge is -2.22.